The lowest BCUT2D eigenvalue weighted by molar-refractivity contribution is -0.139. The molecule has 0 saturated heterocycles. The van der Waals surface area contributed by atoms with E-state index in [9.17, 15) is 4.79 Å². The number of benzene rings is 1. The van der Waals surface area contributed by atoms with Crippen LogP contribution in [0.5, 0.6) is 5.75 Å². The smallest absolute Gasteiger partial charge is 0.354 e. The van der Waals surface area contributed by atoms with Crippen LogP contribution in [0.1, 0.15) is 50.5 Å². The summed E-state index contributed by atoms with van der Waals surface area (Å²) in [6.07, 6.45) is 14.4. The van der Waals surface area contributed by atoms with Gasteiger partial charge in [-0.05, 0) is 55.7 Å². The van der Waals surface area contributed by atoms with Crippen LogP contribution in [0, 0.1) is 0 Å². The van der Waals surface area contributed by atoms with Gasteiger partial charge in [-0.25, -0.2) is 4.79 Å². The van der Waals surface area contributed by atoms with E-state index in [1.54, 1.807) is 6.20 Å². The number of nitrogens with one attached hydrogen (secondary N) is 1. The summed E-state index contributed by atoms with van der Waals surface area (Å²) in [4.78, 5) is 11.8. The number of esters is 1. The maximum Gasteiger partial charge on any atom is 0.354 e. The molecule has 6 heteroatoms. The normalized spacial score (nSPS) is 16.6. The fourth-order valence-electron chi connectivity index (χ4n) is 3.47. The van der Waals surface area contributed by atoms with E-state index in [1.807, 2.05) is 24.3 Å². The minimum absolute atomic E-state index is 0.324. The molecular weight excluding hydrogens is 382 g/mol. The number of hydrogen-bond acceptors (Lipinski definition) is 6. The van der Waals surface area contributed by atoms with Gasteiger partial charge in [0.2, 0.25) is 0 Å². The predicted octanol–water partition coefficient (Wildman–Crippen LogP) is 4.26. The number of carbonyl (C=O) groups excluding carboxylic acids is 1. The summed E-state index contributed by atoms with van der Waals surface area (Å²) >= 11 is 0. The maximum atomic E-state index is 11.8. The lowest BCUT2D eigenvalue weighted by Gasteiger charge is -2.21. The zero-order chi connectivity index (χ0) is 20.9. The molecule has 6 nitrogen and oxygen atoms in total. The summed E-state index contributed by atoms with van der Waals surface area (Å²) in [6.45, 7) is 1.88. The van der Waals surface area contributed by atoms with Gasteiger partial charge in [-0.15, -0.1) is 0 Å². The van der Waals surface area contributed by atoms with Gasteiger partial charge in [0.05, 0.1) is 25.9 Å². The lowest BCUT2D eigenvalue weighted by Crippen LogP contribution is -2.20. The second kappa shape index (κ2) is 13.1. The molecule has 164 valence electrons. The number of rotatable bonds is 12. The molecule has 1 saturated carbocycles. The summed E-state index contributed by atoms with van der Waals surface area (Å²) < 4.78 is 22.3. The van der Waals surface area contributed by atoms with Crippen LogP contribution in [-0.4, -0.2) is 38.7 Å². The second-order valence-electron chi connectivity index (χ2n) is 7.58. The van der Waals surface area contributed by atoms with Crippen molar-refractivity contribution in [1.82, 2.24) is 5.32 Å². The minimum atomic E-state index is -0.324. The number of hydrogen-bond donors (Lipinski definition) is 1. The Balaban J connectivity index is 1.21. The summed E-state index contributed by atoms with van der Waals surface area (Å²) in [5, 5.41) is 2.89. The van der Waals surface area contributed by atoms with E-state index in [0.29, 0.717) is 44.8 Å². The van der Waals surface area contributed by atoms with E-state index in [-0.39, 0.29) is 5.97 Å². The molecule has 1 aromatic rings. The Morgan fingerprint density at radius 1 is 1.03 bits per heavy atom. The maximum absolute atomic E-state index is 11.8. The van der Waals surface area contributed by atoms with E-state index in [4.69, 9.17) is 18.9 Å². The van der Waals surface area contributed by atoms with Crippen LogP contribution in [0.15, 0.2) is 48.3 Å². The molecule has 0 radical (unpaired) electrons. The van der Waals surface area contributed by atoms with Crippen molar-refractivity contribution in [1.29, 1.82) is 0 Å². The molecule has 30 heavy (non-hydrogen) atoms. The topological polar surface area (TPSA) is 66.0 Å². The van der Waals surface area contributed by atoms with Crippen molar-refractivity contribution < 1.29 is 23.7 Å². The molecule has 0 atom stereocenters. The Labute approximate surface area is 179 Å². The highest BCUT2D eigenvalue weighted by molar-refractivity contribution is 5.88. The van der Waals surface area contributed by atoms with Crippen LogP contribution >= 0.6 is 0 Å². The summed E-state index contributed by atoms with van der Waals surface area (Å²) in [7, 11) is 0. The van der Waals surface area contributed by atoms with Gasteiger partial charge in [-0.2, -0.15) is 0 Å². The average molecular weight is 416 g/mol. The quantitative estimate of drug-likeness (QED) is 0.313. The van der Waals surface area contributed by atoms with Gasteiger partial charge in [-0.1, -0.05) is 37.5 Å². The largest absolute Gasteiger partial charge is 0.493 e. The van der Waals surface area contributed by atoms with Gasteiger partial charge >= 0.3 is 5.97 Å². The molecule has 1 heterocycles. The first kappa shape index (κ1) is 22.4. The van der Waals surface area contributed by atoms with Crippen molar-refractivity contribution in [3.63, 3.8) is 0 Å². The average Bonchev–Trinajstić information content (AvgIpc) is 2.80. The molecule has 0 spiro atoms. The van der Waals surface area contributed by atoms with E-state index in [2.05, 4.69) is 17.4 Å². The van der Waals surface area contributed by atoms with Crippen LogP contribution in [0.2, 0.25) is 0 Å². The van der Waals surface area contributed by atoms with Gasteiger partial charge in [0, 0.05) is 6.42 Å². The molecule has 1 aromatic carbocycles. The zero-order valence-electron chi connectivity index (χ0n) is 17.6. The molecule has 0 amide bonds. The van der Waals surface area contributed by atoms with Crippen LogP contribution in [0.25, 0.3) is 0 Å². The zero-order valence-corrected chi connectivity index (χ0v) is 17.6. The fraction of sp³-hybridized carbons (Fsp3) is 0.542. The van der Waals surface area contributed by atoms with Crippen molar-refractivity contribution in [2.75, 3.05) is 26.6 Å². The minimum Gasteiger partial charge on any atom is -0.493 e. The second-order valence-corrected chi connectivity index (χ2v) is 7.58. The van der Waals surface area contributed by atoms with Crippen LogP contribution in [0.4, 0.5) is 0 Å². The third-order valence-corrected chi connectivity index (χ3v) is 5.22. The standard InChI is InChI=1S/C24H33NO5/c26-24(23-9-4-5-15-25-23)29-17-6-16-28-22-12-10-20(11-13-22)14-18-27-19-30-21-7-2-1-3-8-21/h5,9-13,15,21,25H,1-4,6-8,14,16-19H2. The highest BCUT2D eigenvalue weighted by Crippen LogP contribution is 2.20. The molecule has 1 aliphatic carbocycles. The van der Waals surface area contributed by atoms with E-state index in [0.717, 1.165) is 18.6 Å². The predicted molar refractivity (Wildman–Crippen MR) is 115 cm³/mol. The first-order valence-electron chi connectivity index (χ1n) is 11.0. The third kappa shape index (κ3) is 8.20. The number of dihydropyridines is 1. The van der Waals surface area contributed by atoms with Gasteiger partial charge in [-0.3, -0.25) is 0 Å². The molecule has 1 fully saturated rings. The SMILES string of the molecule is O=C(OCCCOc1ccc(CCOCOC2CCCCC2)cc1)C1=CCC=CN1. The molecule has 2 aliphatic rings. The lowest BCUT2D eigenvalue weighted by atomic mass is 9.98. The van der Waals surface area contributed by atoms with Gasteiger partial charge < -0.3 is 24.3 Å². The van der Waals surface area contributed by atoms with E-state index >= 15 is 0 Å². The van der Waals surface area contributed by atoms with Crippen molar-refractivity contribution >= 4 is 5.97 Å². The van der Waals surface area contributed by atoms with Crippen molar-refractivity contribution in [2.45, 2.75) is 57.5 Å². The van der Waals surface area contributed by atoms with Crippen LogP contribution in [-0.2, 0) is 25.4 Å². The van der Waals surface area contributed by atoms with Crippen molar-refractivity contribution in [2.24, 2.45) is 0 Å². The highest BCUT2D eigenvalue weighted by atomic mass is 16.7. The fourth-order valence-corrected chi connectivity index (χ4v) is 3.47. The molecule has 3 rings (SSSR count). The molecular formula is C24H33NO5. The number of allylic oxidation sites excluding steroid dienone is 2. The Morgan fingerprint density at radius 3 is 2.63 bits per heavy atom. The molecule has 0 aromatic heterocycles. The highest BCUT2D eigenvalue weighted by Gasteiger charge is 2.13. The molecule has 1 N–H and O–H groups in total. The molecule has 0 bridgehead atoms. The van der Waals surface area contributed by atoms with Crippen molar-refractivity contribution in [3.05, 3.63) is 53.9 Å². The Bertz CT molecular complexity index is 692. The third-order valence-electron chi connectivity index (χ3n) is 5.22. The number of carbonyl (C=O) groups is 1. The van der Waals surface area contributed by atoms with Gasteiger partial charge in [0.15, 0.2) is 0 Å². The Kier molecular flexibility index (Phi) is 9.76. The summed E-state index contributed by atoms with van der Waals surface area (Å²) in [5.41, 5.74) is 1.70. The van der Waals surface area contributed by atoms with Crippen LogP contribution < -0.4 is 10.1 Å². The summed E-state index contributed by atoms with van der Waals surface area (Å²) in [5.74, 6) is 0.489. The van der Waals surface area contributed by atoms with Gasteiger partial charge in [0.1, 0.15) is 18.2 Å². The summed E-state index contributed by atoms with van der Waals surface area (Å²) in [6, 6.07) is 8.02. The van der Waals surface area contributed by atoms with E-state index in [1.165, 1.54) is 37.7 Å². The number of ether oxygens (including phenoxy) is 4. The Morgan fingerprint density at radius 2 is 1.87 bits per heavy atom. The van der Waals surface area contributed by atoms with Crippen LogP contribution in [0.3, 0.4) is 0 Å². The first-order chi connectivity index (χ1) is 14.8. The monoisotopic (exact) mass is 415 g/mol. The molecule has 1 aliphatic heterocycles. The molecule has 0 unspecified atom stereocenters. The van der Waals surface area contributed by atoms with E-state index < -0.39 is 0 Å². The van der Waals surface area contributed by atoms with Gasteiger partial charge in [0.25, 0.3) is 0 Å². The first-order valence-corrected chi connectivity index (χ1v) is 11.0. The van der Waals surface area contributed by atoms with Crippen molar-refractivity contribution in [3.8, 4) is 5.75 Å². The Hall–Kier alpha value is -2.31.